The molecule has 2 aliphatic rings. The molecular weight excluding hydrogens is 306 g/mol. The van der Waals surface area contributed by atoms with Crippen molar-refractivity contribution in [2.75, 3.05) is 19.0 Å². The van der Waals surface area contributed by atoms with E-state index >= 15 is 0 Å². The number of alkyl halides is 1. The second-order valence-electron chi connectivity index (χ2n) is 6.95. The Hall–Kier alpha value is -1.35. The van der Waals surface area contributed by atoms with E-state index in [0.29, 0.717) is 18.4 Å². The summed E-state index contributed by atoms with van der Waals surface area (Å²) in [5.41, 5.74) is 5.32. The second kappa shape index (κ2) is 5.62. The number of ether oxygens (including phenoxy) is 1. The lowest BCUT2D eigenvalue weighted by atomic mass is 9.95. The minimum atomic E-state index is -0.258. The van der Waals surface area contributed by atoms with Crippen LogP contribution in [0.5, 0.6) is 0 Å². The van der Waals surface area contributed by atoms with Crippen LogP contribution in [-0.4, -0.2) is 35.7 Å². The average Bonchev–Trinajstić information content (AvgIpc) is 3.04. The Morgan fingerprint density at radius 1 is 1.04 bits per heavy atom. The van der Waals surface area contributed by atoms with Crippen LogP contribution in [0, 0.1) is 0 Å². The third-order valence-corrected chi connectivity index (χ3v) is 5.64. The van der Waals surface area contributed by atoms with E-state index in [0.717, 1.165) is 6.54 Å². The summed E-state index contributed by atoms with van der Waals surface area (Å²) in [5.74, 6) is 0.994. The fourth-order valence-electron chi connectivity index (χ4n) is 4.06. The molecule has 0 saturated carbocycles. The summed E-state index contributed by atoms with van der Waals surface area (Å²) < 4.78 is 5.98. The van der Waals surface area contributed by atoms with Crippen LogP contribution in [0.3, 0.4) is 0 Å². The van der Waals surface area contributed by atoms with Crippen molar-refractivity contribution in [2.45, 2.75) is 31.5 Å². The fourth-order valence-corrected chi connectivity index (χ4v) is 4.32. The van der Waals surface area contributed by atoms with E-state index in [1.165, 1.54) is 22.3 Å². The second-order valence-corrected chi connectivity index (χ2v) is 7.25. The first-order valence-electron chi connectivity index (χ1n) is 8.26. The molecule has 3 heteroatoms. The Labute approximate surface area is 143 Å². The first-order chi connectivity index (χ1) is 11.1. The molecular formula is C20H22ClNO. The van der Waals surface area contributed by atoms with Gasteiger partial charge in [-0.05, 0) is 36.1 Å². The van der Waals surface area contributed by atoms with Crippen LogP contribution in [0.2, 0.25) is 0 Å². The lowest BCUT2D eigenvalue weighted by Gasteiger charge is -2.35. The number of fused-ring (bicyclic) bond motifs is 3. The zero-order chi connectivity index (χ0) is 16.0. The maximum Gasteiger partial charge on any atom is 0.116 e. The summed E-state index contributed by atoms with van der Waals surface area (Å²) in [6.07, 6.45) is 0. The van der Waals surface area contributed by atoms with Gasteiger partial charge in [0.1, 0.15) is 5.72 Å². The predicted octanol–water partition coefficient (Wildman–Crippen LogP) is 4.47. The normalized spacial score (nSPS) is 23.0. The van der Waals surface area contributed by atoms with Crippen molar-refractivity contribution in [1.29, 1.82) is 0 Å². The topological polar surface area (TPSA) is 12.5 Å². The standard InChI is InChI=1S/C20H22ClNO/c1-20(2)22(14(11-21)13-23-20)12-19-17-9-5-3-7-15(17)16-8-4-6-10-18(16)19/h3-10,14,19H,11-13H2,1-2H3/t14-/m1/s1. The Bertz CT molecular complexity index is 682. The molecule has 2 aromatic rings. The minimum absolute atomic E-state index is 0.258. The van der Waals surface area contributed by atoms with Crippen LogP contribution in [0.15, 0.2) is 48.5 Å². The number of benzene rings is 2. The first kappa shape index (κ1) is 15.2. The van der Waals surface area contributed by atoms with Crippen LogP contribution >= 0.6 is 11.6 Å². The van der Waals surface area contributed by atoms with Crippen molar-refractivity contribution in [2.24, 2.45) is 0 Å². The highest BCUT2D eigenvalue weighted by Gasteiger charge is 2.42. The van der Waals surface area contributed by atoms with Crippen molar-refractivity contribution in [3.63, 3.8) is 0 Å². The highest BCUT2D eigenvalue weighted by atomic mass is 35.5. The van der Waals surface area contributed by atoms with Crippen LogP contribution in [0.1, 0.15) is 30.9 Å². The van der Waals surface area contributed by atoms with E-state index in [9.17, 15) is 0 Å². The Morgan fingerprint density at radius 3 is 2.17 bits per heavy atom. The third kappa shape index (κ3) is 2.40. The molecule has 23 heavy (non-hydrogen) atoms. The van der Waals surface area contributed by atoms with Gasteiger partial charge >= 0.3 is 0 Å². The van der Waals surface area contributed by atoms with Gasteiger partial charge in [0.25, 0.3) is 0 Å². The zero-order valence-electron chi connectivity index (χ0n) is 13.6. The van der Waals surface area contributed by atoms with Gasteiger partial charge < -0.3 is 4.74 Å². The van der Waals surface area contributed by atoms with Gasteiger partial charge in [0.05, 0.1) is 6.61 Å². The highest BCUT2D eigenvalue weighted by molar-refractivity contribution is 6.18. The van der Waals surface area contributed by atoms with Crippen LogP contribution < -0.4 is 0 Å². The third-order valence-electron chi connectivity index (χ3n) is 5.28. The molecule has 1 heterocycles. The molecule has 120 valence electrons. The maximum atomic E-state index is 6.19. The van der Waals surface area contributed by atoms with Crippen LogP contribution in [0.25, 0.3) is 11.1 Å². The molecule has 1 aliphatic heterocycles. The Balaban J connectivity index is 1.74. The molecule has 2 nitrogen and oxygen atoms in total. The molecule has 0 radical (unpaired) electrons. The van der Waals surface area contributed by atoms with Gasteiger partial charge in [-0.15, -0.1) is 11.6 Å². The lowest BCUT2D eigenvalue weighted by Crippen LogP contribution is -2.46. The molecule has 0 aromatic heterocycles. The summed E-state index contributed by atoms with van der Waals surface area (Å²) in [6.45, 7) is 5.95. The molecule has 0 bridgehead atoms. The van der Waals surface area contributed by atoms with Gasteiger partial charge in [-0.1, -0.05) is 48.5 Å². The Morgan fingerprint density at radius 2 is 1.61 bits per heavy atom. The number of hydrogen-bond acceptors (Lipinski definition) is 2. The molecule has 1 saturated heterocycles. The van der Waals surface area contributed by atoms with Crippen molar-refractivity contribution in [1.82, 2.24) is 4.90 Å². The molecule has 0 unspecified atom stereocenters. The van der Waals surface area contributed by atoms with Gasteiger partial charge in [-0.3, -0.25) is 4.90 Å². The van der Waals surface area contributed by atoms with Gasteiger partial charge in [-0.2, -0.15) is 0 Å². The predicted molar refractivity (Wildman–Crippen MR) is 95.0 cm³/mol. The molecule has 2 aromatic carbocycles. The van der Waals surface area contributed by atoms with Crippen LogP contribution in [0.4, 0.5) is 0 Å². The number of halogens is 1. The highest BCUT2D eigenvalue weighted by Crippen LogP contribution is 2.46. The van der Waals surface area contributed by atoms with Crippen molar-refractivity contribution < 1.29 is 4.74 Å². The summed E-state index contributed by atoms with van der Waals surface area (Å²) in [7, 11) is 0. The summed E-state index contributed by atoms with van der Waals surface area (Å²) in [5, 5.41) is 0. The first-order valence-corrected chi connectivity index (χ1v) is 8.80. The van der Waals surface area contributed by atoms with Gasteiger partial charge in [0.15, 0.2) is 0 Å². The molecule has 0 amide bonds. The van der Waals surface area contributed by atoms with E-state index < -0.39 is 0 Å². The molecule has 4 rings (SSSR count). The minimum Gasteiger partial charge on any atom is -0.359 e. The van der Waals surface area contributed by atoms with Crippen molar-refractivity contribution in [3.05, 3.63) is 59.7 Å². The molecule has 1 atom stereocenters. The van der Waals surface area contributed by atoms with E-state index in [1.54, 1.807) is 0 Å². The Kier molecular flexibility index (Phi) is 3.72. The molecule has 0 N–H and O–H groups in total. The molecule has 0 spiro atoms. The summed E-state index contributed by atoms with van der Waals surface area (Å²) >= 11 is 6.19. The quantitative estimate of drug-likeness (QED) is 0.771. The summed E-state index contributed by atoms with van der Waals surface area (Å²) in [4.78, 5) is 2.43. The van der Waals surface area contributed by atoms with Gasteiger partial charge in [0, 0.05) is 24.4 Å². The monoisotopic (exact) mass is 327 g/mol. The number of nitrogens with zero attached hydrogens (tertiary/aromatic N) is 1. The fraction of sp³-hybridized carbons (Fsp3) is 0.400. The van der Waals surface area contributed by atoms with Crippen molar-refractivity contribution in [3.8, 4) is 11.1 Å². The summed E-state index contributed by atoms with van der Waals surface area (Å²) in [6, 6.07) is 17.8. The largest absolute Gasteiger partial charge is 0.359 e. The van der Waals surface area contributed by atoms with Gasteiger partial charge in [-0.25, -0.2) is 0 Å². The zero-order valence-corrected chi connectivity index (χ0v) is 14.4. The smallest absolute Gasteiger partial charge is 0.116 e. The molecule has 1 aliphatic carbocycles. The molecule has 1 fully saturated rings. The van der Waals surface area contributed by atoms with Crippen molar-refractivity contribution >= 4 is 11.6 Å². The van der Waals surface area contributed by atoms with E-state index in [1.807, 2.05) is 0 Å². The van der Waals surface area contributed by atoms with Gasteiger partial charge in [0.2, 0.25) is 0 Å². The average molecular weight is 328 g/mol. The van der Waals surface area contributed by atoms with E-state index in [2.05, 4.69) is 67.3 Å². The maximum absolute atomic E-state index is 6.19. The number of hydrogen-bond donors (Lipinski definition) is 0. The lowest BCUT2D eigenvalue weighted by molar-refractivity contribution is -0.0537. The van der Waals surface area contributed by atoms with E-state index in [-0.39, 0.29) is 11.8 Å². The number of rotatable bonds is 3. The SMILES string of the molecule is CC1(C)OC[C@@H](CCl)N1CC1c2ccccc2-c2ccccc21. The van der Waals surface area contributed by atoms with Crippen LogP contribution in [-0.2, 0) is 4.74 Å². The van der Waals surface area contributed by atoms with E-state index in [4.69, 9.17) is 16.3 Å².